The molecule has 0 N–H and O–H groups in total. The summed E-state index contributed by atoms with van der Waals surface area (Å²) in [4.78, 5) is 4.38. The first-order valence-corrected chi connectivity index (χ1v) is 8.29. The molecule has 0 saturated carbocycles. The highest BCUT2D eigenvalue weighted by Gasteiger charge is 2.17. The zero-order valence-electron chi connectivity index (χ0n) is 10.4. The Morgan fingerprint density at radius 1 is 1.21 bits per heavy atom. The molecule has 96 valence electrons. The second-order valence-corrected chi connectivity index (χ2v) is 6.29. The summed E-state index contributed by atoms with van der Waals surface area (Å²) < 4.78 is 1.45. The van der Waals surface area contributed by atoms with Gasteiger partial charge >= 0.3 is 0 Å². The van der Waals surface area contributed by atoms with Crippen molar-refractivity contribution in [2.75, 3.05) is 6.26 Å². The van der Waals surface area contributed by atoms with E-state index in [2.05, 4.69) is 42.9 Å². The molecule has 0 radical (unpaired) electrons. The number of thioether (sulfide) groups is 1. The molecule has 0 aliphatic carbocycles. The Morgan fingerprint density at radius 3 is 2.37 bits per heavy atom. The lowest BCUT2D eigenvalue weighted by Crippen LogP contribution is -1.95. The second kappa shape index (κ2) is 6.08. The molecule has 2 aromatic rings. The molecule has 0 fully saturated rings. The van der Waals surface area contributed by atoms with Gasteiger partial charge in [0.25, 0.3) is 0 Å². The van der Waals surface area contributed by atoms with E-state index in [1.54, 1.807) is 11.8 Å². The highest BCUT2D eigenvalue weighted by molar-refractivity contribution is 9.11. The summed E-state index contributed by atoms with van der Waals surface area (Å²) in [7, 11) is 0. The number of nitrogens with zero attached hydrogens (tertiary/aromatic N) is 2. The molecule has 0 saturated heterocycles. The minimum absolute atomic E-state index is 0.550. The minimum atomic E-state index is 0.550. The lowest BCUT2D eigenvalue weighted by Gasteiger charge is -2.12. The van der Waals surface area contributed by atoms with Crippen LogP contribution < -0.4 is 0 Å². The van der Waals surface area contributed by atoms with E-state index in [1.807, 2.05) is 37.4 Å². The van der Waals surface area contributed by atoms with E-state index in [4.69, 9.17) is 0 Å². The van der Waals surface area contributed by atoms with Crippen molar-refractivity contribution in [3.63, 3.8) is 0 Å². The number of rotatable bonds is 2. The predicted molar refractivity (Wildman–Crippen MR) is 86.3 cm³/mol. The minimum Gasteiger partial charge on any atom is -0.232 e. The number of aryl methyl sites for hydroxylation is 1. The first kappa shape index (κ1) is 14.6. The number of hydrogen-bond acceptors (Lipinski definition) is 3. The molecule has 2 rings (SSSR count). The van der Waals surface area contributed by atoms with Gasteiger partial charge in [0.15, 0.2) is 0 Å². The summed E-state index contributed by atoms with van der Waals surface area (Å²) >= 11 is 8.49. The van der Waals surface area contributed by atoms with Crippen molar-refractivity contribution in [2.45, 2.75) is 11.9 Å². The van der Waals surface area contributed by atoms with Crippen LogP contribution in [0.5, 0.6) is 0 Å². The Bertz CT molecular complexity index is 660. The SMILES string of the molecule is CSc1nc(Br)c(C#N)c(-c2ccc(C)cc2)c1Br. The van der Waals surface area contributed by atoms with Crippen LogP contribution in [0.25, 0.3) is 11.1 Å². The Labute approximate surface area is 133 Å². The van der Waals surface area contributed by atoms with Gasteiger partial charge in [-0.15, -0.1) is 11.8 Å². The highest BCUT2D eigenvalue weighted by atomic mass is 79.9. The first-order valence-electron chi connectivity index (χ1n) is 5.48. The monoisotopic (exact) mass is 396 g/mol. The molecule has 0 spiro atoms. The van der Waals surface area contributed by atoms with Crippen molar-refractivity contribution in [3.05, 3.63) is 44.5 Å². The lowest BCUT2D eigenvalue weighted by atomic mass is 10.0. The molecule has 0 aliphatic heterocycles. The Kier molecular flexibility index (Phi) is 4.67. The second-order valence-electron chi connectivity index (χ2n) is 3.95. The van der Waals surface area contributed by atoms with Crippen LogP contribution >= 0.6 is 43.6 Å². The van der Waals surface area contributed by atoms with E-state index in [9.17, 15) is 5.26 Å². The molecule has 1 aromatic heterocycles. The lowest BCUT2D eigenvalue weighted by molar-refractivity contribution is 1.07. The number of aromatic nitrogens is 1. The summed E-state index contributed by atoms with van der Waals surface area (Å²) in [6, 6.07) is 10.3. The molecule has 0 aliphatic rings. The quantitative estimate of drug-likeness (QED) is 0.517. The standard InChI is InChI=1S/C14H10Br2N2S/c1-8-3-5-9(6-4-8)11-10(7-17)13(16)18-14(19-2)12(11)15/h3-6H,1-2H3. The van der Waals surface area contributed by atoms with Crippen LogP contribution in [0.2, 0.25) is 0 Å². The van der Waals surface area contributed by atoms with Crippen LogP contribution in [0.15, 0.2) is 38.4 Å². The molecular weight excluding hydrogens is 388 g/mol. The van der Waals surface area contributed by atoms with Crippen molar-refractivity contribution in [1.29, 1.82) is 5.26 Å². The van der Waals surface area contributed by atoms with E-state index in [0.29, 0.717) is 10.2 Å². The molecule has 0 bridgehead atoms. The van der Waals surface area contributed by atoms with Crippen LogP contribution in [0.1, 0.15) is 11.1 Å². The number of hydrogen-bond donors (Lipinski definition) is 0. The fourth-order valence-corrected chi connectivity index (χ4v) is 3.79. The fraction of sp³-hybridized carbons (Fsp3) is 0.143. The smallest absolute Gasteiger partial charge is 0.125 e. The third-order valence-electron chi connectivity index (χ3n) is 2.71. The van der Waals surface area contributed by atoms with Gasteiger partial charge in [0.1, 0.15) is 15.7 Å². The molecule has 19 heavy (non-hydrogen) atoms. The zero-order chi connectivity index (χ0) is 14.0. The van der Waals surface area contributed by atoms with E-state index < -0.39 is 0 Å². The number of halogens is 2. The van der Waals surface area contributed by atoms with Crippen LogP contribution in [0.4, 0.5) is 0 Å². The van der Waals surface area contributed by atoms with Gasteiger partial charge in [0.05, 0.1) is 10.0 Å². The summed E-state index contributed by atoms with van der Waals surface area (Å²) in [5.41, 5.74) is 3.63. The van der Waals surface area contributed by atoms with Crippen molar-refractivity contribution in [3.8, 4) is 17.2 Å². The molecule has 0 atom stereocenters. The van der Waals surface area contributed by atoms with Gasteiger partial charge in [-0.3, -0.25) is 0 Å². The van der Waals surface area contributed by atoms with Gasteiger partial charge in [0.2, 0.25) is 0 Å². The molecular formula is C14H10Br2N2S. The maximum absolute atomic E-state index is 9.36. The van der Waals surface area contributed by atoms with Crippen LogP contribution in [0.3, 0.4) is 0 Å². The Hall–Kier alpha value is -0.830. The van der Waals surface area contributed by atoms with Crippen LogP contribution in [-0.2, 0) is 0 Å². The summed E-state index contributed by atoms with van der Waals surface area (Å²) in [6.45, 7) is 2.04. The van der Waals surface area contributed by atoms with E-state index in [-0.39, 0.29) is 0 Å². The van der Waals surface area contributed by atoms with Crippen molar-refractivity contribution in [2.24, 2.45) is 0 Å². The third-order valence-corrected chi connectivity index (χ3v) is 5.00. The van der Waals surface area contributed by atoms with Gasteiger partial charge in [-0.2, -0.15) is 5.26 Å². The average Bonchev–Trinajstić information content (AvgIpc) is 2.41. The highest BCUT2D eigenvalue weighted by Crippen LogP contribution is 2.39. The number of benzene rings is 1. The topological polar surface area (TPSA) is 36.7 Å². The molecule has 1 aromatic carbocycles. The first-order chi connectivity index (χ1) is 9.08. The van der Waals surface area contributed by atoms with Gasteiger partial charge in [-0.1, -0.05) is 29.8 Å². The van der Waals surface area contributed by atoms with Gasteiger partial charge < -0.3 is 0 Å². The molecule has 2 nitrogen and oxygen atoms in total. The molecule has 5 heteroatoms. The zero-order valence-corrected chi connectivity index (χ0v) is 14.4. The maximum atomic E-state index is 9.36. The summed E-state index contributed by atoms with van der Waals surface area (Å²) in [5.74, 6) is 0. The summed E-state index contributed by atoms with van der Waals surface area (Å²) in [5, 5.41) is 10.2. The Balaban J connectivity index is 2.77. The van der Waals surface area contributed by atoms with Crippen LogP contribution in [-0.4, -0.2) is 11.2 Å². The van der Waals surface area contributed by atoms with Crippen molar-refractivity contribution < 1.29 is 0 Å². The van der Waals surface area contributed by atoms with Gasteiger partial charge in [0, 0.05) is 5.56 Å². The van der Waals surface area contributed by atoms with Gasteiger partial charge in [-0.05, 0) is 50.6 Å². The Morgan fingerprint density at radius 2 is 1.84 bits per heavy atom. The normalized spacial score (nSPS) is 10.3. The average molecular weight is 398 g/mol. The fourth-order valence-electron chi connectivity index (χ4n) is 1.74. The molecule has 1 heterocycles. The van der Waals surface area contributed by atoms with E-state index >= 15 is 0 Å². The van der Waals surface area contributed by atoms with E-state index in [1.165, 1.54) is 5.56 Å². The summed E-state index contributed by atoms with van der Waals surface area (Å²) in [6.07, 6.45) is 1.96. The maximum Gasteiger partial charge on any atom is 0.125 e. The van der Waals surface area contributed by atoms with Gasteiger partial charge in [-0.25, -0.2) is 4.98 Å². The van der Waals surface area contributed by atoms with Crippen molar-refractivity contribution in [1.82, 2.24) is 4.98 Å². The number of pyridine rings is 1. The predicted octanol–water partition coefficient (Wildman–Crippen LogP) is 5.18. The molecule has 0 amide bonds. The molecule has 0 unspecified atom stereocenters. The van der Waals surface area contributed by atoms with E-state index in [0.717, 1.165) is 20.6 Å². The van der Waals surface area contributed by atoms with Crippen molar-refractivity contribution >= 4 is 43.6 Å². The van der Waals surface area contributed by atoms with Crippen LogP contribution in [0, 0.1) is 18.3 Å². The number of nitriles is 1. The largest absolute Gasteiger partial charge is 0.232 e. The third kappa shape index (κ3) is 2.86.